The van der Waals surface area contributed by atoms with Crippen molar-refractivity contribution in [3.63, 3.8) is 0 Å². The number of amides is 2. The number of methoxy groups -OCH3 is 1. The lowest BCUT2D eigenvalue weighted by atomic mass is 10.1. The quantitative estimate of drug-likeness (QED) is 0.491. The van der Waals surface area contributed by atoms with Crippen LogP contribution in [-0.4, -0.2) is 35.1 Å². The van der Waals surface area contributed by atoms with Gasteiger partial charge in [0.05, 0.1) is 12.8 Å². The summed E-state index contributed by atoms with van der Waals surface area (Å²) in [6.07, 6.45) is 0.0484. The van der Waals surface area contributed by atoms with Crippen molar-refractivity contribution in [2.75, 3.05) is 12.4 Å². The second-order valence-electron chi connectivity index (χ2n) is 6.17. The van der Waals surface area contributed by atoms with Gasteiger partial charge in [-0.05, 0) is 61.0 Å². The van der Waals surface area contributed by atoms with Crippen LogP contribution in [0.15, 0.2) is 63.2 Å². The van der Waals surface area contributed by atoms with E-state index in [1.54, 1.807) is 19.2 Å². The number of carbonyl (C=O) groups excluding carboxylic acids is 2. The highest BCUT2D eigenvalue weighted by Crippen LogP contribution is 2.23. The lowest BCUT2D eigenvalue weighted by Gasteiger charge is -2.07. The summed E-state index contributed by atoms with van der Waals surface area (Å²) in [7, 11) is 1.61. The Labute approximate surface area is 181 Å². The zero-order chi connectivity index (χ0) is 20.8. The fourth-order valence-electron chi connectivity index (χ4n) is 2.51. The van der Waals surface area contributed by atoms with Gasteiger partial charge in [-0.1, -0.05) is 27.7 Å². The highest BCUT2D eigenvalue weighted by Gasteiger charge is 2.32. The first-order chi connectivity index (χ1) is 13.9. The maximum absolute atomic E-state index is 12.2. The van der Waals surface area contributed by atoms with Crippen molar-refractivity contribution in [1.82, 2.24) is 5.32 Å². The molecule has 0 unspecified atom stereocenters. The first-order valence-electron chi connectivity index (χ1n) is 8.74. The highest BCUT2D eigenvalue weighted by molar-refractivity contribution is 9.10. The maximum Gasteiger partial charge on any atom is 0.240 e. The predicted molar refractivity (Wildman–Crippen MR) is 120 cm³/mol. The Kier molecular flexibility index (Phi) is 7.05. The molecule has 0 aromatic heterocycles. The number of nitrogens with one attached hydrogen (secondary N) is 2. The van der Waals surface area contributed by atoms with Crippen LogP contribution in [0.3, 0.4) is 0 Å². The minimum atomic E-state index is -0.541. The van der Waals surface area contributed by atoms with Crippen molar-refractivity contribution in [3.8, 4) is 5.75 Å². The summed E-state index contributed by atoms with van der Waals surface area (Å²) in [6.45, 7) is 1.83. The summed E-state index contributed by atoms with van der Waals surface area (Å²) in [5, 5.41) is 13.6. The first kappa shape index (κ1) is 21.1. The van der Waals surface area contributed by atoms with E-state index in [0.29, 0.717) is 16.6 Å². The number of hydrogen-bond acceptors (Lipinski definition) is 6. The monoisotopic (exact) mass is 474 g/mol. The van der Waals surface area contributed by atoms with Crippen molar-refractivity contribution in [1.29, 1.82) is 0 Å². The van der Waals surface area contributed by atoms with Crippen molar-refractivity contribution in [2.24, 2.45) is 10.2 Å². The predicted octanol–water partition coefficient (Wildman–Crippen LogP) is 3.80. The lowest BCUT2D eigenvalue weighted by molar-refractivity contribution is -0.122. The van der Waals surface area contributed by atoms with Crippen molar-refractivity contribution < 1.29 is 14.3 Å². The molecule has 3 rings (SSSR count). The molecule has 1 fully saturated rings. The average Bonchev–Trinajstić information content (AvgIpc) is 3.07. The molecule has 1 heterocycles. The van der Waals surface area contributed by atoms with Gasteiger partial charge in [0.2, 0.25) is 11.8 Å². The third kappa shape index (κ3) is 5.91. The number of rotatable bonds is 6. The summed E-state index contributed by atoms with van der Waals surface area (Å²) in [5.41, 5.74) is 2.27. The Hall–Kier alpha value is -2.65. The Morgan fingerprint density at radius 3 is 2.55 bits per heavy atom. The van der Waals surface area contributed by atoms with Crippen LogP contribution in [0.4, 0.5) is 5.69 Å². The van der Waals surface area contributed by atoms with E-state index in [1.165, 1.54) is 11.8 Å². The zero-order valence-corrected chi connectivity index (χ0v) is 18.2. The molecule has 1 aliphatic rings. The molecule has 2 aromatic carbocycles. The van der Waals surface area contributed by atoms with Gasteiger partial charge in [0.1, 0.15) is 11.0 Å². The summed E-state index contributed by atoms with van der Waals surface area (Å²) in [5.74, 6) is 0.270. The summed E-state index contributed by atoms with van der Waals surface area (Å²) < 4.78 is 6.06. The van der Waals surface area contributed by atoms with E-state index in [0.717, 1.165) is 15.8 Å². The molecule has 0 saturated carbocycles. The highest BCUT2D eigenvalue weighted by atomic mass is 79.9. The standard InChI is InChI=1S/C20H19BrN4O3S/c1-12(13-3-9-16(28-2)10-4-13)24-25-20-23-19(27)17(29-20)11-18(26)22-15-7-5-14(21)6-8-15/h3-10,17H,11H2,1-2H3,(H,22,26)(H,23,25,27)/b24-12-/t17-/m0/s1. The van der Waals surface area contributed by atoms with E-state index in [2.05, 4.69) is 36.8 Å². The van der Waals surface area contributed by atoms with Crippen LogP contribution >= 0.6 is 27.7 Å². The van der Waals surface area contributed by atoms with Crippen LogP contribution in [0.25, 0.3) is 0 Å². The van der Waals surface area contributed by atoms with Gasteiger partial charge in [0.25, 0.3) is 0 Å². The molecule has 0 spiro atoms. The number of halogens is 1. The molecule has 0 bridgehead atoms. The normalized spacial score (nSPS) is 17.9. The van der Waals surface area contributed by atoms with Crippen LogP contribution in [0.1, 0.15) is 18.9 Å². The number of benzene rings is 2. The fourth-order valence-corrected chi connectivity index (χ4v) is 3.69. The molecule has 7 nitrogen and oxygen atoms in total. The molecule has 1 aliphatic heterocycles. The minimum Gasteiger partial charge on any atom is -0.497 e. The molecular weight excluding hydrogens is 456 g/mol. The van der Waals surface area contributed by atoms with Gasteiger partial charge in [0, 0.05) is 16.6 Å². The largest absolute Gasteiger partial charge is 0.497 e. The van der Waals surface area contributed by atoms with E-state index in [4.69, 9.17) is 4.74 Å². The Balaban J connectivity index is 1.58. The Morgan fingerprint density at radius 2 is 1.90 bits per heavy atom. The third-order valence-electron chi connectivity index (χ3n) is 4.07. The molecule has 0 radical (unpaired) electrons. The molecule has 1 atom stereocenters. The van der Waals surface area contributed by atoms with E-state index in [1.807, 2.05) is 43.3 Å². The molecule has 0 aliphatic carbocycles. The van der Waals surface area contributed by atoms with E-state index in [9.17, 15) is 9.59 Å². The smallest absolute Gasteiger partial charge is 0.240 e. The summed E-state index contributed by atoms with van der Waals surface area (Å²) in [4.78, 5) is 24.4. The molecule has 29 heavy (non-hydrogen) atoms. The number of anilines is 1. The second kappa shape index (κ2) is 9.71. The molecule has 2 aromatic rings. The number of amidine groups is 1. The molecule has 2 N–H and O–H groups in total. The topological polar surface area (TPSA) is 92.2 Å². The van der Waals surface area contributed by atoms with Crippen LogP contribution in [-0.2, 0) is 9.59 Å². The van der Waals surface area contributed by atoms with Crippen LogP contribution in [0, 0.1) is 0 Å². The number of thioether (sulfide) groups is 1. The number of nitrogens with zero attached hydrogens (tertiary/aromatic N) is 2. The van der Waals surface area contributed by atoms with Gasteiger partial charge in [-0.3, -0.25) is 9.59 Å². The summed E-state index contributed by atoms with van der Waals surface area (Å²) >= 11 is 4.54. The van der Waals surface area contributed by atoms with Gasteiger partial charge in [-0.15, -0.1) is 5.10 Å². The van der Waals surface area contributed by atoms with Crippen molar-refractivity contribution in [3.05, 3.63) is 58.6 Å². The van der Waals surface area contributed by atoms with Gasteiger partial charge in [0.15, 0.2) is 5.17 Å². The number of hydrogen-bond donors (Lipinski definition) is 2. The Morgan fingerprint density at radius 1 is 1.21 bits per heavy atom. The van der Waals surface area contributed by atoms with Crippen LogP contribution in [0.2, 0.25) is 0 Å². The SMILES string of the molecule is COc1ccc(/C(C)=N\N=C2\NC(=O)[C@H](CC(=O)Nc3ccc(Br)cc3)S2)cc1. The van der Waals surface area contributed by atoms with Gasteiger partial charge in [-0.2, -0.15) is 5.10 Å². The second-order valence-corrected chi connectivity index (χ2v) is 8.28. The first-order valence-corrected chi connectivity index (χ1v) is 10.4. The van der Waals surface area contributed by atoms with E-state index >= 15 is 0 Å². The van der Waals surface area contributed by atoms with E-state index < -0.39 is 5.25 Å². The Bertz CT molecular complexity index is 959. The number of ether oxygens (including phenoxy) is 1. The number of carbonyl (C=O) groups is 2. The fraction of sp³-hybridized carbons (Fsp3) is 0.200. The van der Waals surface area contributed by atoms with Gasteiger partial charge < -0.3 is 15.4 Å². The third-order valence-corrected chi connectivity index (χ3v) is 5.67. The molecule has 150 valence electrons. The van der Waals surface area contributed by atoms with Gasteiger partial charge in [-0.25, -0.2) is 0 Å². The molecule has 9 heteroatoms. The zero-order valence-electron chi connectivity index (χ0n) is 15.8. The van der Waals surface area contributed by atoms with Gasteiger partial charge >= 0.3 is 0 Å². The molecule has 1 saturated heterocycles. The molecular formula is C20H19BrN4O3S. The van der Waals surface area contributed by atoms with E-state index in [-0.39, 0.29) is 18.2 Å². The average molecular weight is 475 g/mol. The van der Waals surface area contributed by atoms with Crippen LogP contribution < -0.4 is 15.4 Å². The van der Waals surface area contributed by atoms with Crippen molar-refractivity contribution >= 4 is 56.1 Å². The lowest BCUT2D eigenvalue weighted by Crippen LogP contribution is -2.28. The minimum absolute atomic E-state index is 0.0484. The van der Waals surface area contributed by atoms with Crippen molar-refractivity contribution in [2.45, 2.75) is 18.6 Å². The van der Waals surface area contributed by atoms with Crippen LogP contribution in [0.5, 0.6) is 5.75 Å². The summed E-state index contributed by atoms with van der Waals surface area (Å²) in [6, 6.07) is 14.7. The maximum atomic E-state index is 12.2. The molecule has 2 amide bonds.